The number of piperidine rings is 2. The van der Waals surface area contributed by atoms with Gasteiger partial charge in [-0.25, -0.2) is 9.98 Å². The molecule has 0 aromatic heterocycles. The van der Waals surface area contributed by atoms with Gasteiger partial charge in [0, 0.05) is 47.8 Å². The van der Waals surface area contributed by atoms with Gasteiger partial charge in [-0.15, -0.1) is 0 Å². The van der Waals surface area contributed by atoms with Crippen LogP contribution in [0.4, 0.5) is 0 Å². The lowest BCUT2D eigenvalue weighted by Crippen LogP contribution is -2.68. The van der Waals surface area contributed by atoms with Crippen LogP contribution in [0.5, 0.6) is 0 Å². The van der Waals surface area contributed by atoms with E-state index in [1.165, 1.54) is 64.2 Å². The molecule has 2 saturated heterocycles. The van der Waals surface area contributed by atoms with Crippen LogP contribution in [0.2, 0.25) is 0 Å². The van der Waals surface area contributed by atoms with E-state index in [4.69, 9.17) is 19.7 Å². The van der Waals surface area contributed by atoms with E-state index in [0.717, 1.165) is 56.9 Å². The van der Waals surface area contributed by atoms with Gasteiger partial charge in [0.2, 0.25) is 5.96 Å². The Morgan fingerprint density at radius 1 is 0.694 bits per heavy atom. The van der Waals surface area contributed by atoms with Gasteiger partial charge in [-0.3, -0.25) is 14.6 Å². The molecule has 0 spiro atoms. The number of aliphatic imine (C=N–C) groups is 2. The average molecular weight is 686 g/mol. The molecule has 9 heteroatoms. The third kappa shape index (κ3) is 8.86. The molecule has 0 amide bonds. The monoisotopic (exact) mass is 686 g/mol. The van der Waals surface area contributed by atoms with Crippen LogP contribution < -0.4 is 0 Å². The summed E-state index contributed by atoms with van der Waals surface area (Å²) in [5.74, 6) is 1.95. The first-order valence-corrected chi connectivity index (χ1v) is 20.2. The molecule has 0 aromatic rings. The van der Waals surface area contributed by atoms with Crippen LogP contribution in [-0.4, -0.2) is 110 Å². The molecule has 9 nitrogen and oxygen atoms in total. The first kappa shape index (κ1) is 39.0. The highest BCUT2D eigenvalue weighted by Crippen LogP contribution is 2.44. The molecule has 3 aliphatic heterocycles. The number of hydrogen-bond donors (Lipinski definition) is 0. The van der Waals surface area contributed by atoms with Crippen LogP contribution in [0.3, 0.4) is 0 Å². The molecule has 5 rings (SSSR count). The van der Waals surface area contributed by atoms with Crippen molar-refractivity contribution in [3.05, 3.63) is 0 Å². The average Bonchev–Trinajstić information content (AvgIpc) is 3.02. The van der Waals surface area contributed by atoms with E-state index >= 15 is 0 Å². The molecule has 2 saturated carbocycles. The van der Waals surface area contributed by atoms with Crippen molar-refractivity contribution >= 4 is 11.8 Å². The summed E-state index contributed by atoms with van der Waals surface area (Å²) in [5, 5.41) is 4.78. The largest absolute Gasteiger partial charge is 0.339 e. The first-order chi connectivity index (χ1) is 22.9. The van der Waals surface area contributed by atoms with Gasteiger partial charge in [0.05, 0.1) is 12.2 Å². The van der Waals surface area contributed by atoms with Gasteiger partial charge in [-0.05, 0) is 127 Å². The summed E-state index contributed by atoms with van der Waals surface area (Å²) in [5.41, 5.74) is -0.351. The predicted molar refractivity (Wildman–Crippen MR) is 203 cm³/mol. The molecular weight excluding hydrogens is 610 g/mol. The zero-order valence-electron chi connectivity index (χ0n) is 33.9. The van der Waals surface area contributed by atoms with Crippen LogP contribution in [0, 0.1) is 0 Å². The summed E-state index contributed by atoms with van der Waals surface area (Å²) in [4.78, 5) is 31.8. The van der Waals surface area contributed by atoms with Gasteiger partial charge in [0.1, 0.15) is 5.84 Å². The van der Waals surface area contributed by atoms with Crippen molar-refractivity contribution in [2.24, 2.45) is 9.98 Å². The Kier molecular flexibility index (Phi) is 12.2. The van der Waals surface area contributed by atoms with Crippen LogP contribution in [0.1, 0.15) is 172 Å². The predicted octanol–water partition coefficient (Wildman–Crippen LogP) is 8.60. The highest BCUT2D eigenvalue weighted by atomic mass is 16.7. The molecule has 49 heavy (non-hydrogen) atoms. The number of rotatable bonds is 10. The maximum absolute atomic E-state index is 6.89. The maximum Gasteiger partial charge on any atom is 0.205 e. The SMILES string of the molecule is CCCCN(C1=NC(C)=NC(N(C)C2CC(C)(C)N(OC3CCCCC3)C(C)(C)C2)N1C)C1CC(C)(C)N(OC2CCCCC2)C(C)(C)C1. The van der Waals surface area contributed by atoms with Gasteiger partial charge in [0.25, 0.3) is 0 Å². The normalized spacial score (nSPS) is 29.2. The van der Waals surface area contributed by atoms with E-state index in [-0.39, 0.29) is 28.4 Å². The van der Waals surface area contributed by atoms with Crippen molar-refractivity contribution < 1.29 is 9.68 Å². The minimum Gasteiger partial charge on any atom is -0.339 e. The van der Waals surface area contributed by atoms with E-state index < -0.39 is 0 Å². The number of guanidine groups is 1. The van der Waals surface area contributed by atoms with Crippen molar-refractivity contribution in [3.63, 3.8) is 0 Å². The fourth-order valence-electron chi connectivity index (χ4n) is 10.3. The minimum absolute atomic E-state index is 0.0843. The lowest BCUT2D eigenvalue weighted by Gasteiger charge is -2.58. The zero-order valence-corrected chi connectivity index (χ0v) is 33.9. The van der Waals surface area contributed by atoms with Crippen LogP contribution in [-0.2, 0) is 9.68 Å². The van der Waals surface area contributed by atoms with E-state index in [0.29, 0.717) is 24.3 Å². The summed E-state index contributed by atoms with van der Waals surface area (Å²) < 4.78 is 0. The number of unbranched alkanes of at least 4 members (excludes halogenated alkanes) is 1. The summed E-state index contributed by atoms with van der Waals surface area (Å²) in [6.45, 7) is 24.5. The fraction of sp³-hybridized carbons (Fsp3) is 0.950. The van der Waals surface area contributed by atoms with Crippen LogP contribution in [0.15, 0.2) is 9.98 Å². The molecule has 4 fully saturated rings. The van der Waals surface area contributed by atoms with Gasteiger partial charge in [-0.2, -0.15) is 10.1 Å². The molecule has 0 aromatic carbocycles. The molecule has 0 bridgehead atoms. The third-order valence-electron chi connectivity index (χ3n) is 12.4. The second-order valence-electron chi connectivity index (χ2n) is 19.0. The molecule has 0 radical (unpaired) electrons. The first-order valence-electron chi connectivity index (χ1n) is 20.2. The third-order valence-corrected chi connectivity index (χ3v) is 12.4. The van der Waals surface area contributed by atoms with E-state index in [9.17, 15) is 0 Å². The Morgan fingerprint density at radius 3 is 1.55 bits per heavy atom. The highest BCUT2D eigenvalue weighted by Gasteiger charge is 2.52. The number of hydrogen-bond acceptors (Lipinski definition) is 9. The van der Waals surface area contributed by atoms with Gasteiger partial charge < -0.3 is 9.80 Å². The van der Waals surface area contributed by atoms with Crippen LogP contribution >= 0.6 is 0 Å². The number of hydroxylamine groups is 4. The molecular formula is C40H75N7O2. The standard InChI is InChI=1S/C40H75N7O2/c1-13-14-25-45(32-28-39(7,8)47(40(9,10)29-32)49-34-23-19-16-20-24-34)36-42-30(2)41-35(44(36)12)43(11)31-26-37(3,4)46(38(5,6)27-31)48-33-21-17-15-18-22-33/h31-35H,13-29H2,1-12H3. The van der Waals surface area contributed by atoms with Gasteiger partial charge in [0.15, 0.2) is 6.29 Å². The van der Waals surface area contributed by atoms with Crippen molar-refractivity contribution in [1.82, 2.24) is 24.8 Å². The number of amidine groups is 1. The summed E-state index contributed by atoms with van der Waals surface area (Å²) in [6, 6.07) is 0.723. The maximum atomic E-state index is 6.89. The lowest BCUT2D eigenvalue weighted by atomic mass is 9.78. The summed E-state index contributed by atoms with van der Waals surface area (Å²) in [6.07, 6.45) is 19.6. The van der Waals surface area contributed by atoms with Crippen LogP contribution in [0.25, 0.3) is 0 Å². The topological polar surface area (TPSA) is 59.4 Å². The van der Waals surface area contributed by atoms with E-state index in [2.05, 4.69) is 108 Å². The summed E-state index contributed by atoms with van der Waals surface area (Å²) in [7, 11) is 4.52. The molecule has 3 heterocycles. The van der Waals surface area contributed by atoms with Crippen molar-refractivity contribution in [2.75, 3.05) is 20.6 Å². The Bertz CT molecular complexity index is 1120. The molecule has 1 atom stereocenters. The van der Waals surface area contributed by atoms with Gasteiger partial charge >= 0.3 is 0 Å². The minimum atomic E-state index is -0.102. The fourth-order valence-corrected chi connectivity index (χ4v) is 10.3. The highest BCUT2D eigenvalue weighted by molar-refractivity contribution is 5.96. The Balaban J connectivity index is 1.34. The Morgan fingerprint density at radius 2 is 1.12 bits per heavy atom. The van der Waals surface area contributed by atoms with Crippen molar-refractivity contribution in [3.8, 4) is 0 Å². The van der Waals surface area contributed by atoms with Crippen molar-refractivity contribution in [2.45, 2.75) is 225 Å². The Labute approximate surface area is 301 Å². The molecule has 0 N–H and O–H groups in total. The molecule has 282 valence electrons. The van der Waals surface area contributed by atoms with Crippen molar-refractivity contribution in [1.29, 1.82) is 0 Å². The quantitative estimate of drug-likeness (QED) is 0.228. The lowest BCUT2D eigenvalue weighted by molar-refractivity contribution is -0.315. The Hall–Kier alpha value is -1.26. The second kappa shape index (κ2) is 15.4. The summed E-state index contributed by atoms with van der Waals surface area (Å²) >= 11 is 0. The van der Waals surface area contributed by atoms with E-state index in [1.54, 1.807) is 0 Å². The molecule has 5 aliphatic rings. The molecule has 2 aliphatic carbocycles. The van der Waals surface area contributed by atoms with Gasteiger partial charge in [-0.1, -0.05) is 51.9 Å². The second-order valence-corrected chi connectivity index (χ2v) is 19.0. The number of nitrogens with zero attached hydrogens (tertiary/aromatic N) is 7. The smallest absolute Gasteiger partial charge is 0.205 e. The zero-order chi connectivity index (χ0) is 35.8. The molecule has 1 unspecified atom stereocenters. The van der Waals surface area contributed by atoms with E-state index in [1.807, 2.05) is 0 Å².